The van der Waals surface area contributed by atoms with Crippen LogP contribution in [0.5, 0.6) is 0 Å². The van der Waals surface area contributed by atoms with Gasteiger partial charge in [0.2, 0.25) is 5.91 Å². The van der Waals surface area contributed by atoms with Gasteiger partial charge >= 0.3 is 0 Å². The molecular formula is C24H33N3O3S2. The zero-order chi connectivity index (χ0) is 22.1. The fourth-order valence-electron chi connectivity index (χ4n) is 5.39. The summed E-state index contributed by atoms with van der Waals surface area (Å²) in [6.07, 6.45) is 11.1. The lowest BCUT2D eigenvalue weighted by molar-refractivity contribution is -0.119. The van der Waals surface area contributed by atoms with Crippen molar-refractivity contribution in [3.63, 3.8) is 0 Å². The lowest BCUT2D eigenvalue weighted by Crippen LogP contribution is -2.42. The predicted octanol–water partition coefficient (Wildman–Crippen LogP) is 4.30. The molecule has 0 spiro atoms. The second-order valence-electron chi connectivity index (χ2n) is 9.56. The van der Waals surface area contributed by atoms with E-state index in [-0.39, 0.29) is 29.4 Å². The van der Waals surface area contributed by atoms with E-state index in [2.05, 4.69) is 12.2 Å². The molecule has 3 aliphatic rings. The van der Waals surface area contributed by atoms with Crippen molar-refractivity contribution < 1.29 is 9.53 Å². The van der Waals surface area contributed by atoms with Gasteiger partial charge in [0.25, 0.3) is 5.56 Å². The topological polar surface area (TPSA) is 73.2 Å². The quantitative estimate of drug-likeness (QED) is 0.498. The highest BCUT2D eigenvalue weighted by molar-refractivity contribution is 7.99. The maximum atomic E-state index is 13.6. The number of hydrogen-bond donors (Lipinski definition) is 1. The first-order valence-electron chi connectivity index (χ1n) is 12.2. The minimum Gasteiger partial charge on any atom is -0.376 e. The molecule has 1 saturated heterocycles. The minimum absolute atomic E-state index is 0.0391. The molecule has 174 valence electrons. The largest absolute Gasteiger partial charge is 0.376 e. The van der Waals surface area contributed by atoms with Crippen LogP contribution in [0.2, 0.25) is 0 Å². The third kappa shape index (κ3) is 4.64. The van der Waals surface area contributed by atoms with Crippen LogP contribution < -0.4 is 10.9 Å². The van der Waals surface area contributed by atoms with E-state index in [9.17, 15) is 9.59 Å². The van der Waals surface area contributed by atoms with E-state index in [1.165, 1.54) is 47.9 Å². The van der Waals surface area contributed by atoms with Gasteiger partial charge in [-0.25, -0.2) is 4.98 Å². The van der Waals surface area contributed by atoms with Crippen molar-refractivity contribution in [3.8, 4) is 0 Å². The Morgan fingerprint density at radius 3 is 2.84 bits per heavy atom. The normalized spacial score (nSPS) is 25.7. The molecule has 3 heterocycles. The van der Waals surface area contributed by atoms with E-state index in [4.69, 9.17) is 9.72 Å². The summed E-state index contributed by atoms with van der Waals surface area (Å²) in [5.74, 6) is 0.858. The highest BCUT2D eigenvalue weighted by Crippen LogP contribution is 2.35. The summed E-state index contributed by atoms with van der Waals surface area (Å²) in [6.45, 7) is 3.51. The van der Waals surface area contributed by atoms with Crippen LogP contribution in [0.1, 0.15) is 68.7 Å². The van der Waals surface area contributed by atoms with Crippen LogP contribution in [0.15, 0.2) is 9.95 Å². The van der Waals surface area contributed by atoms with Crippen molar-refractivity contribution >= 4 is 39.2 Å². The second-order valence-corrected chi connectivity index (χ2v) is 11.6. The molecule has 2 aliphatic carbocycles. The van der Waals surface area contributed by atoms with Gasteiger partial charge in [0.05, 0.1) is 23.8 Å². The molecule has 1 amide bonds. The van der Waals surface area contributed by atoms with E-state index in [1.54, 1.807) is 15.9 Å². The summed E-state index contributed by atoms with van der Waals surface area (Å²) in [6, 6.07) is 0.269. The summed E-state index contributed by atoms with van der Waals surface area (Å²) >= 11 is 3.07. The fourth-order valence-corrected chi connectivity index (χ4v) is 7.51. The molecule has 2 aromatic heterocycles. The average molecular weight is 476 g/mol. The van der Waals surface area contributed by atoms with E-state index in [0.29, 0.717) is 17.6 Å². The van der Waals surface area contributed by atoms with Crippen LogP contribution in [0, 0.1) is 5.92 Å². The zero-order valence-electron chi connectivity index (χ0n) is 18.9. The Kier molecular flexibility index (Phi) is 6.90. The molecule has 32 heavy (non-hydrogen) atoms. The lowest BCUT2D eigenvalue weighted by Gasteiger charge is -2.29. The Balaban J connectivity index is 1.40. The van der Waals surface area contributed by atoms with Crippen molar-refractivity contribution in [2.24, 2.45) is 5.92 Å². The Bertz CT molecular complexity index is 1040. The highest BCUT2D eigenvalue weighted by Gasteiger charge is 2.26. The maximum absolute atomic E-state index is 13.6. The number of carbonyl (C=O) groups is 1. The standard InChI is InChI=1S/C24H33N3O3S2/c1-15-7-2-4-10-18(15)25-20(28)14-31-24-26-22-21(17-9-3-5-11-19(17)32-22)23(29)27(24)13-16-8-6-12-30-16/h15-16,18H,2-14H2,1H3,(H,25,28). The molecule has 2 fully saturated rings. The van der Waals surface area contributed by atoms with Gasteiger partial charge in [-0.05, 0) is 62.8 Å². The summed E-state index contributed by atoms with van der Waals surface area (Å²) in [5.41, 5.74) is 1.27. The average Bonchev–Trinajstić information content (AvgIpc) is 3.43. The highest BCUT2D eigenvalue weighted by atomic mass is 32.2. The van der Waals surface area contributed by atoms with Gasteiger partial charge in [-0.3, -0.25) is 14.2 Å². The first kappa shape index (κ1) is 22.4. The SMILES string of the molecule is CC1CCCCC1NC(=O)CSc1nc2sc3c(c2c(=O)n1CC1CCCO1)CCCC3. The summed E-state index contributed by atoms with van der Waals surface area (Å²) in [7, 11) is 0. The lowest BCUT2D eigenvalue weighted by atomic mass is 9.86. The number of thiophene rings is 1. The number of aromatic nitrogens is 2. The molecule has 0 bridgehead atoms. The monoisotopic (exact) mass is 475 g/mol. The van der Waals surface area contributed by atoms with E-state index >= 15 is 0 Å². The van der Waals surface area contributed by atoms with E-state index in [1.807, 2.05) is 0 Å². The van der Waals surface area contributed by atoms with Crippen molar-refractivity contribution in [2.45, 2.75) is 95.0 Å². The van der Waals surface area contributed by atoms with Crippen LogP contribution in [0.25, 0.3) is 10.2 Å². The smallest absolute Gasteiger partial charge is 0.263 e. The van der Waals surface area contributed by atoms with Crippen LogP contribution in [-0.2, 0) is 28.9 Å². The molecule has 1 aliphatic heterocycles. The van der Waals surface area contributed by atoms with Gasteiger partial charge in [-0.15, -0.1) is 11.3 Å². The van der Waals surface area contributed by atoms with Gasteiger partial charge < -0.3 is 10.1 Å². The number of thioether (sulfide) groups is 1. The number of ether oxygens (including phenoxy) is 1. The first-order chi connectivity index (χ1) is 15.6. The molecule has 2 aromatic rings. The summed E-state index contributed by atoms with van der Waals surface area (Å²) in [4.78, 5) is 33.5. The Morgan fingerprint density at radius 2 is 2.03 bits per heavy atom. The molecule has 6 nitrogen and oxygen atoms in total. The number of hydrogen-bond acceptors (Lipinski definition) is 6. The first-order valence-corrected chi connectivity index (χ1v) is 14.0. The van der Waals surface area contributed by atoms with Gasteiger partial charge in [-0.2, -0.15) is 0 Å². The number of nitrogens with zero attached hydrogens (tertiary/aromatic N) is 2. The van der Waals surface area contributed by atoms with Gasteiger partial charge in [-0.1, -0.05) is 31.5 Å². The van der Waals surface area contributed by atoms with Crippen LogP contribution in [0.4, 0.5) is 0 Å². The Morgan fingerprint density at radius 1 is 1.19 bits per heavy atom. The maximum Gasteiger partial charge on any atom is 0.263 e. The van der Waals surface area contributed by atoms with Crippen LogP contribution in [-0.4, -0.2) is 40.0 Å². The fraction of sp³-hybridized carbons (Fsp3) is 0.708. The second kappa shape index (κ2) is 9.85. The van der Waals surface area contributed by atoms with Gasteiger partial charge in [0.1, 0.15) is 4.83 Å². The third-order valence-electron chi connectivity index (χ3n) is 7.24. The van der Waals surface area contributed by atoms with Gasteiger partial charge in [0, 0.05) is 17.5 Å². The molecular weight excluding hydrogens is 442 g/mol. The van der Waals surface area contributed by atoms with Crippen molar-refractivity contribution in [3.05, 3.63) is 20.8 Å². The molecule has 8 heteroatoms. The third-order valence-corrected chi connectivity index (χ3v) is 9.40. The van der Waals surface area contributed by atoms with E-state index < -0.39 is 0 Å². The van der Waals surface area contributed by atoms with Gasteiger partial charge in [0.15, 0.2) is 5.16 Å². The molecule has 3 atom stereocenters. The Hall–Kier alpha value is -1.38. The molecule has 0 aromatic carbocycles. The van der Waals surface area contributed by atoms with E-state index in [0.717, 1.165) is 55.3 Å². The van der Waals surface area contributed by atoms with Crippen molar-refractivity contribution in [1.82, 2.24) is 14.9 Å². The molecule has 1 N–H and O–H groups in total. The number of fused-ring (bicyclic) bond motifs is 3. The molecule has 3 unspecified atom stereocenters. The predicted molar refractivity (Wildman–Crippen MR) is 130 cm³/mol. The number of carbonyl (C=O) groups excluding carboxylic acids is 1. The number of aryl methyl sites for hydroxylation is 2. The van der Waals surface area contributed by atoms with Crippen LogP contribution >= 0.6 is 23.1 Å². The minimum atomic E-state index is 0.0391. The van der Waals surface area contributed by atoms with Crippen LogP contribution in [0.3, 0.4) is 0 Å². The van der Waals surface area contributed by atoms with Crippen molar-refractivity contribution in [1.29, 1.82) is 0 Å². The molecule has 0 radical (unpaired) electrons. The summed E-state index contributed by atoms with van der Waals surface area (Å²) in [5, 5.41) is 4.69. The molecule has 5 rings (SSSR count). The Labute approximate surface area is 197 Å². The summed E-state index contributed by atoms with van der Waals surface area (Å²) < 4.78 is 7.63. The number of amides is 1. The number of rotatable bonds is 6. The zero-order valence-corrected chi connectivity index (χ0v) is 20.5. The molecule has 1 saturated carbocycles. The van der Waals surface area contributed by atoms with Crippen molar-refractivity contribution in [2.75, 3.05) is 12.4 Å². The number of nitrogens with one attached hydrogen (secondary N) is 1.